The van der Waals surface area contributed by atoms with E-state index in [0.717, 1.165) is 0 Å². The van der Waals surface area contributed by atoms with E-state index in [1.54, 1.807) is 6.92 Å². The van der Waals surface area contributed by atoms with Gasteiger partial charge in [-0.2, -0.15) is 0 Å². The largest absolute Gasteiger partial charge is 0.466 e. The molecule has 0 unspecified atom stereocenters. The highest BCUT2D eigenvalue weighted by Crippen LogP contribution is 2.25. The van der Waals surface area contributed by atoms with Gasteiger partial charge in [0.1, 0.15) is 0 Å². The zero-order valence-electron chi connectivity index (χ0n) is 10.5. The quantitative estimate of drug-likeness (QED) is 0.592. The summed E-state index contributed by atoms with van der Waals surface area (Å²) in [5.41, 5.74) is 0. The van der Waals surface area contributed by atoms with E-state index in [4.69, 9.17) is 16.3 Å². The summed E-state index contributed by atoms with van der Waals surface area (Å²) in [5, 5.41) is 0. The normalized spacial score (nSPS) is 24.8. The molecule has 0 heterocycles. The van der Waals surface area contributed by atoms with Crippen LogP contribution in [0.4, 0.5) is 0 Å². The highest BCUT2D eigenvalue weighted by molar-refractivity contribution is 7.89. The summed E-state index contributed by atoms with van der Waals surface area (Å²) >= 11 is 5.42. The van der Waals surface area contributed by atoms with Crippen molar-refractivity contribution in [1.82, 2.24) is 4.72 Å². The molecule has 1 aliphatic rings. The lowest BCUT2D eigenvalue weighted by molar-refractivity contribution is -0.149. The third-order valence-electron chi connectivity index (χ3n) is 3.04. The molecule has 0 amide bonds. The number of sulfonamides is 1. The molecule has 0 aliphatic heterocycles. The molecule has 7 heteroatoms. The molecule has 106 valence electrons. The molecule has 0 atom stereocenters. The van der Waals surface area contributed by atoms with Crippen LogP contribution in [0.25, 0.3) is 0 Å². The molecule has 0 radical (unpaired) electrons. The number of esters is 1. The maximum Gasteiger partial charge on any atom is 0.308 e. The van der Waals surface area contributed by atoms with E-state index in [-0.39, 0.29) is 29.6 Å². The molecule has 0 aromatic rings. The number of carbonyl (C=O) groups excluding carboxylic acids is 1. The lowest BCUT2D eigenvalue weighted by atomic mass is 9.86. The van der Waals surface area contributed by atoms with Crippen LogP contribution in [-0.2, 0) is 19.6 Å². The maximum atomic E-state index is 11.5. The highest BCUT2D eigenvalue weighted by Gasteiger charge is 2.29. The van der Waals surface area contributed by atoms with Crippen LogP contribution < -0.4 is 4.72 Å². The third kappa shape index (κ3) is 5.12. The summed E-state index contributed by atoms with van der Waals surface area (Å²) in [6, 6.07) is -0.0797. The van der Waals surface area contributed by atoms with Crippen LogP contribution in [0.2, 0.25) is 0 Å². The van der Waals surface area contributed by atoms with Crippen LogP contribution in [0.15, 0.2) is 0 Å². The third-order valence-corrected chi connectivity index (χ3v) is 4.89. The van der Waals surface area contributed by atoms with Gasteiger partial charge in [-0.05, 0) is 32.6 Å². The number of halogens is 1. The number of rotatable bonds is 6. The molecule has 1 N–H and O–H groups in total. The Kier molecular flexibility index (Phi) is 6.38. The van der Waals surface area contributed by atoms with Gasteiger partial charge in [-0.3, -0.25) is 4.79 Å². The summed E-state index contributed by atoms with van der Waals surface area (Å²) in [5.74, 6) is -0.224. The summed E-state index contributed by atoms with van der Waals surface area (Å²) < 4.78 is 30.6. The number of nitrogens with one attached hydrogen (secondary N) is 1. The van der Waals surface area contributed by atoms with Gasteiger partial charge in [-0.1, -0.05) is 0 Å². The monoisotopic (exact) mass is 297 g/mol. The van der Waals surface area contributed by atoms with Gasteiger partial charge in [0.25, 0.3) is 0 Å². The lowest BCUT2D eigenvalue weighted by Gasteiger charge is -2.27. The van der Waals surface area contributed by atoms with Crippen molar-refractivity contribution in [3.05, 3.63) is 0 Å². The van der Waals surface area contributed by atoms with E-state index in [0.29, 0.717) is 32.3 Å². The van der Waals surface area contributed by atoms with Crippen molar-refractivity contribution in [1.29, 1.82) is 0 Å². The minimum Gasteiger partial charge on any atom is -0.466 e. The van der Waals surface area contributed by atoms with Crippen molar-refractivity contribution < 1.29 is 17.9 Å². The van der Waals surface area contributed by atoms with Gasteiger partial charge < -0.3 is 4.74 Å². The molecule has 1 fully saturated rings. The summed E-state index contributed by atoms with van der Waals surface area (Å²) in [6.45, 7) is 2.17. The predicted octanol–water partition coefficient (Wildman–Crippen LogP) is 1.27. The van der Waals surface area contributed by atoms with E-state index in [1.807, 2.05) is 0 Å². The van der Waals surface area contributed by atoms with Crippen LogP contribution >= 0.6 is 11.6 Å². The molecule has 0 aromatic heterocycles. The van der Waals surface area contributed by atoms with E-state index in [9.17, 15) is 13.2 Å². The number of ether oxygens (including phenoxy) is 1. The number of alkyl halides is 1. The van der Waals surface area contributed by atoms with Crippen molar-refractivity contribution in [2.24, 2.45) is 5.92 Å². The van der Waals surface area contributed by atoms with Gasteiger partial charge in [0.15, 0.2) is 0 Å². The zero-order chi connectivity index (χ0) is 13.6. The smallest absolute Gasteiger partial charge is 0.308 e. The highest BCUT2D eigenvalue weighted by atomic mass is 35.5. The summed E-state index contributed by atoms with van der Waals surface area (Å²) in [6.07, 6.45) is 2.69. The van der Waals surface area contributed by atoms with E-state index >= 15 is 0 Å². The lowest BCUT2D eigenvalue weighted by Crippen LogP contribution is -2.40. The molecule has 18 heavy (non-hydrogen) atoms. The molecular formula is C11H20ClNO4S. The minimum atomic E-state index is -3.28. The average Bonchev–Trinajstić information content (AvgIpc) is 2.29. The summed E-state index contributed by atoms with van der Waals surface area (Å²) in [4.78, 5) is 11.5. The molecule has 0 bridgehead atoms. The Balaban J connectivity index is 2.38. The molecule has 0 aromatic carbocycles. The second-order valence-corrected chi connectivity index (χ2v) is 6.68. The van der Waals surface area contributed by atoms with E-state index in [1.165, 1.54) is 0 Å². The SMILES string of the molecule is CCOC(=O)C1CCC(NS(=O)(=O)CCCl)CC1. The van der Waals surface area contributed by atoms with Crippen molar-refractivity contribution in [2.45, 2.75) is 38.6 Å². The molecule has 5 nitrogen and oxygen atoms in total. The average molecular weight is 298 g/mol. The van der Waals surface area contributed by atoms with Crippen LogP contribution in [0.1, 0.15) is 32.6 Å². The first-order valence-corrected chi connectivity index (χ1v) is 8.39. The second kappa shape index (κ2) is 7.31. The first-order valence-electron chi connectivity index (χ1n) is 6.21. The van der Waals surface area contributed by atoms with Crippen molar-refractivity contribution >= 4 is 27.6 Å². The number of hydrogen-bond donors (Lipinski definition) is 1. The Bertz CT molecular complexity index is 363. The van der Waals surface area contributed by atoms with E-state index in [2.05, 4.69) is 4.72 Å². The fourth-order valence-electron chi connectivity index (χ4n) is 2.12. The Morgan fingerprint density at radius 1 is 1.33 bits per heavy atom. The molecule has 1 aliphatic carbocycles. The van der Waals surface area contributed by atoms with Gasteiger partial charge in [-0.15, -0.1) is 11.6 Å². The predicted molar refractivity (Wildman–Crippen MR) is 70.0 cm³/mol. The standard InChI is InChI=1S/C11H20ClNO4S/c1-2-17-11(14)9-3-5-10(6-4-9)13-18(15,16)8-7-12/h9-10,13H,2-8H2,1H3. The fraction of sp³-hybridized carbons (Fsp3) is 0.909. The topological polar surface area (TPSA) is 72.5 Å². The first-order chi connectivity index (χ1) is 8.48. The molecular weight excluding hydrogens is 278 g/mol. The molecule has 0 saturated heterocycles. The second-order valence-electron chi connectivity index (χ2n) is 4.43. The Morgan fingerprint density at radius 2 is 1.94 bits per heavy atom. The van der Waals surface area contributed by atoms with Crippen molar-refractivity contribution in [2.75, 3.05) is 18.2 Å². The van der Waals surface area contributed by atoms with Gasteiger partial charge in [0, 0.05) is 11.9 Å². The fourth-order valence-corrected chi connectivity index (χ4v) is 3.80. The van der Waals surface area contributed by atoms with Gasteiger partial charge in [0.05, 0.1) is 18.3 Å². The number of hydrogen-bond acceptors (Lipinski definition) is 4. The Labute approximate surface area is 113 Å². The summed E-state index contributed by atoms with van der Waals surface area (Å²) in [7, 11) is -3.28. The van der Waals surface area contributed by atoms with Crippen LogP contribution in [0.3, 0.4) is 0 Å². The van der Waals surface area contributed by atoms with Crippen molar-refractivity contribution in [3.8, 4) is 0 Å². The van der Waals surface area contributed by atoms with Crippen LogP contribution in [0, 0.1) is 5.92 Å². The Hall–Kier alpha value is -0.330. The molecule has 1 saturated carbocycles. The maximum absolute atomic E-state index is 11.5. The first kappa shape index (κ1) is 15.7. The Morgan fingerprint density at radius 3 is 2.44 bits per heavy atom. The van der Waals surface area contributed by atoms with E-state index < -0.39 is 10.0 Å². The zero-order valence-corrected chi connectivity index (χ0v) is 12.1. The molecule has 1 rings (SSSR count). The van der Waals surface area contributed by atoms with Crippen LogP contribution in [-0.4, -0.2) is 38.7 Å². The number of carbonyl (C=O) groups is 1. The molecule has 0 spiro atoms. The van der Waals surface area contributed by atoms with Crippen molar-refractivity contribution in [3.63, 3.8) is 0 Å². The van der Waals surface area contributed by atoms with Gasteiger partial charge in [-0.25, -0.2) is 13.1 Å². The van der Waals surface area contributed by atoms with Crippen LogP contribution in [0.5, 0.6) is 0 Å². The van der Waals surface area contributed by atoms with Gasteiger partial charge >= 0.3 is 5.97 Å². The minimum absolute atomic E-state index is 0.0631. The van der Waals surface area contributed by atoms with Gasteiger partial charge in [0.2, 0.25) is 10.0 Å².